The third kappa shape index (κ3) is 3.81. The first-order valence-electron chi connectivity index (χ1n) is 8.46. The summed E-state index contributed by atoms with van der Waals surface area (Å²) >= 11 is 3.13. The maximum Gasteiger partial charge on any atom is 0.287 e. The van der Waals surface area contributed by atoms with Gasteiger partial charge < -0.3 is 15.1 Å². The van der Waals surface area contributed by atoms with Crippen molar-refractivity contribution in [3.8, 4) is 5.69 Å². The van der Waals surface area contributed by atoms with Crippen molar-refractivity contribution in [3.05, 3.63) is 77.4 Å². The molecule has 8 heteroatoms. The Kier molecular flexibility index (Phi) is 4.94. The van der Waals surface area contributed by atoms with Gasteiger partial charge in [0.05, 0.1) is 17.6 Å². The van der Waals surface area contributed by atoms with Crippen molar-refractivity contribution in [2.24, 2.45) is 0 Å². The molecular formula is C20H15BrN4O3. The molecule has 4 aromatic rings. The molecule has 7 nitrogen and oxygen atoms in total. The summed E-state index contributed by atoms with van der Waals surface area (Å²) in [6.45, 7) is -0.162. The predicted molar refractivity (Wildman–Crippen MR) is 108 cm³/mol. The van der Waals surface area contributed by atoms with Crippen molar-refractivity contribution in [2.75, 3.05) is 11.9 Å². The summed E-state index contributed by atoms with van der Waals surface area (Å²) in [6, 6.07) is 18.4. The van der Waals surface area contributed by atoms with E-state index in [0.29, 0.717) is 10.4 Å². The van der Waals surface area contributed by atoms with Gasteiger partial charge in [-0.25, -0.2) is 4.98 Å². The van der Waals surface area contributed by atoms with Crippen molar-refractivity contribution in [2.45, 2.75) is 0 Å². The standard InChI is InChI=1S/C20H15BrN4O3/c21-18-10-9-17(28-18)20(27)22-11-19(26)24-13-5-7-14(8-6-13)25-12-23-15-3-1-2-4-16(15)25/h1-10,12H,11H2,(H,22,27)(H,24,26). The van der Waals surface area contributed by atoms with Gasteiger partial charge in [0.25, 0.3) is 5.91 Å². The van der Waals surface area contributed by atoms with Crippen LogP contribution >= 0.6 is 15.9 Å². The number of nitrogens with one attached hydrogen (secondary N) is 2. The molecule has 0 aliphatic heterocycles. The molecule has 28 heavy (non-hydrogen) atoms. The molecule has 2 aromatic carbocycles. The number of aromatic nitrogens is 2. The lowest BCUT2D eigenvalue weighted by molar-refractivity contribution is -0.115. The first-order chi connectivity index (χ1) is 13.6. The molecule has 0 saturated heterocycles. The number of anilines is 1. The molecule has 0 saturated carbocycles. The van der Waals surface area contributed by atoms with E-state index < -0.39 is 5.91 Å². The van der Waals surface area contributed by atoms with E-state index in [9.17, 15) is 9.59 Å². The van der Waals surface area contributed by atoms with Gasteiger partial charge in [-0.3, -0.25) is 14.2 Å². The highest BCUT2D eigenvalue weighted by molar-refractivity contribution is 9.10. The molecule has 0 fully saturated rings. The Labute approximate surface area is 168 Å². The average Bonchev–Trinajstić information content (AvgIpc) is 3.33. The predicted octanol–water partition coefficient (Wildman–Crippen LogP) is 3.75. The fourth-order valence-corrected chi connectivity index (χ4v) is 3.07. The number of rotatable bonds is 5. The highest BCUT2D eigenvalue weighted by atomic mass is 79.9. The SMILES string of the molecule is O=C(CNC(=O)c1ccc(Br)o1)Nc1ccc(-n2cnc3ccccc32)cc1. The van der Waals surface area contributed by atoms with Crippen molar-refractivity contribution in [1.82, 2.24) is 14.9 Å². The number of nitrogens with zero attached hydrogens (tertiary/aromatic N) is 2. The van der Waals surface area contributed by atoms with E-state index >= 15 is 0 Å². The molecule has 2 heterocycles. The third-order valence-electron chi connectivity index (χ3n) is 4.09. The summed E-state index contributed by atoms with van der Waals surface area (Å²) in [7, 11) is 0. The number of fused-ring (bicyclic) bond motifs is 1. The van der Waals surface area contributed by atoms with Crippen LogP contribution in [0.25, 0.3) is 16.7 Å². The molecule has 0 atom stereocenters. The zero-order valence-electron chi connectivity index (χ0n) is 14.6. The first kappa shape index (κ1) is 18.0. The number of hydrogen-bond acceptors (Lipinski definition) is 4. The van der Waals surface area contributed by atoms with Gasteiger partial charge >= 0.3 is 0 Å². The van der Waals surface area contributed by atoms with E-state index in [-0.39, 0.29) is 18.2 Å². The van der Waals surface area contributed by atoms with E-state index in [1.54, 1.807) is 24.5 Å². The molecule has 0 aliphatic rings. The average molecular weight is 439 g/mol. The molecule has 2 aromatic heterocycles. The number of carbonyl (C=O) groups excluding carboxylic acids is 2. The third-order valence-corrected chi connectivity index (χ3v) is 4.52. The Morgan fingerprint density at radius 1 is 1.04 bits per heavy atom. The molecule has 140 valence electrons. The number of carbonyl (C=O) groups is 2. The molecule has 4 rings (SSSR count). The Hall–Kier alpha value is -3.39. The smallest absolute Gasteiger partial charge is 0.287 e. The largest absolute Gasteiger partial charge is 0.444 e. The normalized spacial score (nSPS) is 10.8. The van der Waals surface area contributed by atoms with Crippen LogP contribution in [0.1, 0.15) is 10.6 Å². The summed E-state index contributed by atoms with van der Waals surface area (Å²) in [5.41, 5.74) is 3.49. The van der Waals surface area contributed by atoms with Crippen LogP contribution in [0.4, 0.5) is 5.69 Å². The molecule has 2 N–H and O–H groups in total. The van der Waals surface area contributed by atoms with Crippen LogP contribution in [0.3, 0.4) is 0 Å². The van der Waals surface area contributed by atoms with Gasteiger partial charge in [-0.15, -0.1) is 0 Å². The zero-order valence-corrected chi connectivity index (χ0v) is 16.1. The lowest BCUT2D eigenvalue weighted by Crippen LogP contribution is -2.32. The second-order valence-electron chi connectivity index (χ2n) is 5.98. The topological polar surface area (TPSA) is 89.2 Å². The summed E-state index contributed by atoms with van der Waals surface area (Å²) in [4.78, 5) is 28.3. The second kappa shape index (κ2) is 7.69. The van der Waals surface area contributed by atoms with Gasteiger partial charge in [0, 0.05) is 11.4 Å². The van der Waals surface area contributed by atoms with E-state index in [2.05, 4.69) is 31.5 Å². The summed E-state index contributed by atoms with van der Waals surface area (Å²) in [5.74, 6) is -0.653. The Morgan fingerprint density at radius 3 is 2.57 bits per heavy atom. The first-order valence-corrected chi connectivity index (χ1v) is 9.25. The van der Waals surface area contributed by atoms with E-state index in [0.717, 1.165) is 16.7 Å². The quantitative estimate of drug-likeness (QED) is 0.496. The number of furan rings is 1. The number of halogens is 1. The minimum atomic E-state index is -0.455. The fourth-order valence-electron chi connectivity index (χ4n) is 2.76. The molecule has 0 bridgehead atoms. The van der Waals surface area contributed by atoms with Gasteiger partial charge in [0.15, 0.2) is 10.4 Å². The number of hydrogen-bond donors (Lipinski definition) is 2. The highest BCUT2D eigenvalue weighted by Gasteiger charge is 2.12. The number of imidazole rings is 1. The summed E-state index contributed by atoms with van der Waals surface area (Å²) in [5, 5.41) is 5.25. The Balaban J connectivity index is 1.37. The Bertz CT molecular complexity index is 1150. The Morgan fingerprint density at radius 2 is 1.82 bits per heavy atom. The van der Waals surface area contributed by atoms with Crippen LogP contribution < -0.4 is 10.6 Å². The fraction of sp³-hybridized carbons (Fsp3) is 0.0500. The summed E-state index contributed by atoms with van der Waals surface area (Å²) < 4.78 is 7.57. The van der Waals surface area contributed by atoms with E-state index in [4.69, 9.17) is 4.42 Å². The lowest BCUT2D eigenvalue weighted by Gasteiger charge is -2.08. The minimum absolute atomic E-state index is 0.136. The van der Waals surface area contributed by atoms with Crippen molar-refractivity contribution < 1.29 is 14.0 Å². The van der Waals surface area contributed by atoms with Crippen molar-refractivity contribution in [3.63, 3.8) is 0 Å². The van der Waals surface area contributed by atoms with Crippen molar-refractivity contribution >= 4 is 44.5 Å². The van der Waals surface area contributed by atoms with Gasteiger partial charge in [0.2, 0.25) is 5.91 Å². The molecule has 0 spiro atoms. The zero-order chi connectivity index (χ0) is 19.5. The van der Waals surface area contributed by atoms with E-state index in [1.807, 2.05) is 41.0 Å². The van der Waals surface area contributed by atoms with Crippen LogP contribution in [0.15, 0.2) is 76.1 Å². The van der Waals surface area contributed by atoms with Gasteiger partial charge in [-0.2, -0.15) is 0 Å². The van der Waals surface area contributed by atoms with E-state index in [1.165, 1.54) is 6.07 Å². The molecule has 0 aliphatic carbocycles. The van der Waals surface area contributed by atoms with Gasteiger partial charge in [0.1, 0.15) is 6.33 Å². The van der Waals surface area contributed by atoms with Crippen molar-refractivity contribution in [1.29, 1.82) is 0 Å². The van der Waals surface area contributed by atoms with Crippen LogP contribution in [0, 0.1) is 0 Å². The second-order valence-corrected chi connectivity index (χ2v) is 6.77. The molecule has 2 amide bonds. The maximum atomic E-state index is 12.1. The van der Waals surface area contributed by atoms with Gasteiger partial charge in [-0.1, -0.05) is 12.1 Å². The molecule has 0 radical (unpaired) electrons. The number of benzene rings is 2. The molecular weight excluding hydrogens is 424 g/mol. The number of para-hydroxylation sites is 2. The summed E-state index contributed by atoms with van der Waals surface area (Å²) in [6.07, 6.45) is 1.76. The van der Waals surface area contributed by atoms with Crippen LogP contribution in [-0.4, -0.2) is 27.9 Å². The highest BCUT2D eigenvalue weighted by Crippen LogP contribution is 2.19. The monoisotopic (exact) mass is 438 g/mol. The van der Waals surface area contributed by atoms with Crippen LogP contribution in [-0.2, 0) is 4.79 Å². The minimum Gasteiger partial charge on any atom is -0.444 e. The maximum absolute atomic E-state index is 12.1. The number of amides is 2. The van der Waals surface area contributed by atoms with Crippen LogP contribution in [0.5, 0.6) is 0 Å². The molecule has 0 unspecified atom stereocenters. The van der Waals surface area contributed by atoms with Crippen LogP contribution in [0.2, 0.25) is 0 Å². The lowest BCUT2D eigenvalue weighted by atomic mass is 10.2. The van der Waals surface area contributed by atoms with Gasteiger partial charge in [-0.05, 0) is 64.5 Å².